The lowest BCUT2D eigenvalue weighted by molar-refractivity contribution is 0.624. The minimum atomic E-state index is -0.215. The molecule has 2 nitrogen and oxygen atoms in total. The Morgan fingerprint density at radius 3 is 2.68 bits per heavy atom. The highest BCUT2D eigenvalue weighted by molar-refractivity contribution is 9.10. The Morgan fingerprint density at radius 2 is 1.95 bits per heavy atom. The van der Waals surface area contributed by atoms with Crippen molar-refractivity contribution < 1.29 is 4.39 Å². The molecule has 0 aliphatic rings. The van der Waals surface area contributed by atoms with Crippen molar-refractivity contribution in [2.45, 2.75) is 13.5 Å². The van der Waals surface area contributed by atoms with Crippen LogP contribution in [-0.2, 0) is 6.54 Å². The van der Waals surface area contributed by atoms with Crippen LogP contribution in [0.4, 0.5) is 4.39 Å². The van der Waals surface area contributed by atoms with Gasteiger partial charge in [-0.25, -0.2) is 4.39 Å². The number of halogens is 2. The number of fused-ring (bicyclic) bond motifs is 1. The lowest BCUT2D eigenvalue weighted by Crippen LogP contribution is -1.99. The fraction of sp³-hybridized carbons (Fsp3) is 0.133. The van der Waals surface area contributed by atoms with Crippen LogP contribution in [0.2, 0.25) is 0 Å². The first-order valence-corrected chi connectivity index (χ1v) is 6.79. The Morgan fingerprint density at radius 1 is 1.21 bits per heavy atom. The molecule has 3 aromatic rings. The second-order valence-electron chi connectivity index (χ2n) is 4.63. The predicted molar refractivity (Wildman–Crippen MR) is 77.7 cm³/mol. The topological polar surface area (TPSA) is 17.8 Å². The molecule has 4 heteroatoms. The Labute approximate surface area is 119 Å². The number of aromatic nitrogens is 2. The zero-order chi connectivity index (χ0) is 13.4. The van der Waals surface area contributed by atoms with Gasteiger partial charge in [0.1, 0.15) is 5.82 Å². The van der Waals surface area contributed by atoms with Crippen molar-refractivity contribution in [3.63, 3.8) is 0 Å². The highest BCUT2D eigenvalue weighted by Gasteiger charge is 2.06. The summed E-state index contributed by atoms with van der Waals surface area (Å²) in [6.45, 7) is 2.68. The van der Waals surface area contributed by atoms with E-state index in [9.17, 15) is 4.39 Å². The van der Waals surface area contributed by atoms with Gasteiger partial charge in [-0.05, 0) is 42.3 Å². The quantitative estimate of drug-likeness (QED) is 0.689. The van der Waals surface area contributed by atoms with Crippen molar-refractivity contribution in [1.82, 2.24) is 9.78 Å². The standard InChI is InChI=1S/C15H12BrFN2/c1-10-6-14(16)13-9-19(18-15(13)7-10)8-11-2-4-12(17)5-3-11/h2-7,9H,8H2,1H3. The Hall–Kier alpha value is -1.68. The predicted octanol–water partition coefficient (Wildman–Crippen LogP) is 4.29. The molecule has 96 valence electrons. The van der Waals surface area contributed by atoms with Crippen LogP contribution in [0.1, 0.15) is 11.1 Å². The lowest BCUT2D eigenvalue weighted by Gasteiger charge is -2.00. The molecule has 0 aliphatic heterocycles. The van der Waals surface area contributed by atoms with Gasteiger partial charge in [0.25, 0.3) is 0 Å². The second kappa shape index (κ2) is 4.78. The average molecular weight is 319 g/mol. The normalized spacial score (nSPS) is 11.1. The molecule has 0 fully saturated rings. The van der Waals surface area contributed by atoms with Crippen LogP contribution in [0, 0.1) is 12.7 Å². The lowest BCUT2D eigenvalue weighted by atomic mass is 10.2. The van der Waals surface area contributed by atoms with Crippen molar-refractivity contribution in [2.24, 2.45) is 0 Å². The SMILES string of the molecule is Cc1cc(Br)c2cn(Cc3ccc(F)cc3)nc2c1. The van der Waals surface area contributed by atoms with Gasteiger partial charge in [-0.15, -0.1) is 0 Å². The van der Waals surface area contributed by atoms with Gasteiger partial charge in [0.2, 0.25) is 0 Å². The van der Waals surface area contributed by atoms with Crippen molar-refractivity contribution >= 4 is 26.8 Å². The van der Waals surface area contributed by atoms with Crippen LogP contribution in [-0.4, -0.2) is 9.78 Å². The highest BCUT2D eigenvalue weighted by Crippen LogP contribution is 2.25. The van der Waals surface area contributed by atoms with Gasteiger partial charge >= 0.3 is 0 Å². The number of aryl methyl sites for hydroxylation is 1. The molecular weight excluding hydrogens is 307 g/mol. The van der Waals surface area contributed by atoms with E-state index in [1.54, 1.807) is 12.1 Å². The molecule has 1 aromatic heterocycles. The molecule has 0 amide bonds. The fourth-order valence-corrected chi connectivity index (χ4v) is 2.79. The van der Waals surface area contributed by atoms with E-state index < -0.39 is 0 Å². The third-order valence-corrected chi connectivity index (χ3v) is 3.68. The summed E-state index contributed by atoms with van der Waals surface area (Å²) >= 11 is 3.55. The zero-order valence-electron chi connectivity index (χ0n) is 10.4. The number of benzene rings is 2. The summed E-state index contributed by atoms with van der Waals surface area (Å²) in [5.74, 6) is -0.215. The van der Waals surface area contributed by atoms with Gasteiger partial charge in [-0.2, -0.15) is 5.10 Å². The summed E-state index contributed by atoms with van der Waals surface area (Å²) in [5, 5.41) is 5.64. The smallest absolute Gasteiger partial charge is 0.123 e. The largest absolute Gasteiger partial charge is 0.267 e. The highest BCUT2D eigenvalue weighted by atomic mass is 79.9. The summed E-state index contributed by atoms with van der Waals surface area (Å²) in [5.41, 5.74) is 3.17. The summed E-state index contributed by atoms with van der Waals surface area (Å²) < 4.78 is 15.8. The molecule has 2 aromatic carbocycles. The summed E-state index contributed by atoms with van der Waals surface area (Å²) in [6.07, 6.45) is 2.00. The number of nitrogens with zero attached hydrogens (tertiary/aromatic N) is 2. The number of hydrogen-bond acceptors (Lipinski definition) is 1. The Kier molecular flexibility index (Phi) is 3.11. The minimum Gasteiger partial charge on any atom is -0.267 e. The molecule has 0 aliphatic carbocycles. The van der Waals surface area contributed by atoms with Gasteiger partial charge in [-0.3, -0.25) is 4.68 Å². The van der Waals surface area contributed by atoms with Crippen LogP contribution < -0.4 is 0 Å². The molecular formula is C15H12BrFN2. The molecule has 0 atom stereocenters. The maximum Gasteiger partial charge on any atom is 0.123 e. The molecule has 0 N–H and O–H groups in total. The van der Waals surface area contributed by atoms with E-state index in [-0.39, 0.29) is 5.82 Å². The van der Waals surface area contributed by atoms with Crippen molar-refractivity contribution in [1.29, 1.82) is 0 Å². The van der Waals surface area contributed by atoms with E-state index in [0.29, 0.717) is 6.54 Å². The van der Waals surface area contributed by atoms with Gasteiger partial charge < -0.3 is 0 Å². The van der Waals surface area contributed by atoms with Crippen LogP contribution in [0.5, 0.6) is 0 Å². The fourth-order valence-electron chi connectivity index (χ4n) is 2.12. The van der Waals surface area contributed by atoms with E-state index in [0.717, 1.165) is 20.9 Å². The van der Waals surface area contributed by atoms with Gasteiger partial charge in [0, 0.05) is 16.1 Å². The van der Waals surface area contributed by atoms with Gasteiger partial charge in [0.05, 0.1) is 12.1 Å². The van der Waals surface area contributed by atoms with Gasteiger partial charge in [-0.1, -0.05) is 28.1 Å². The number of hydrogen-bond donors (Lipinski definition) is 0. The minimum absolute atomic E-state index is 0.215. The third kappa shape index (κ3) is 2.54. The zero-order valence-corrected chi connectivity index (χ0v) is 12.0. The summed E-state index contributed by atoms with van der Waals surface area (Å²) in [4.78, 5) is 0. The van der Waals surface area contributed by atoms with E-state index in [1.807, 2.05) is 17.8 Å². The Balaban J connectivity index is 1.97. The first kappa shape index (κ1) is 12.4. The van der Waals surface area contributed by atoms with Crippen LogP contribution in [0.3, 0.4) is 0 Å². The van der Waals surface area contributed by atoms with Gasteiger partial charge in [0.15, 0.2) is 0 Å². The van der Waals surface area contributed by atoms with Crippen LogP contribution >= 0.6 is 15.9 Å². The van der Waals surface area contributed by atoms with E-state index >= 15 is 0 Å². The first-order valence-electron chi connectivity index (χ1n) is 5.99. The number of rotatable bonds is 2. The van der Waals surface area contributed by atoms with E-state index in [1.165, 1.54) is 17.7 Å². The summed E-state index contributed by atoms with van der Waals surface area (Å²) in [6, 6.07) is 10.6. The molecule has 3 rings (SSSR count). The van der Waals surface area contributed by atoms with E-state index in [4.69, 9.17) is 0 Å². The van der Waals surface area contributed by atoms with Crippen molar-refractivity contribution in [3.05, 3.63) is 64.0 Å². The average Bonchev–Trinajstić information content (AvgIpc) is 2.75. The first-order chi connectivity index (χ1) is 9.11. The molecule has 0 saturated carbocycles. The molecule has 19 heavy (non-hydrogen) atoms. The molecule has 0 radical (unpaired) electrons. The van der Waals surface area contributed by atoms with Crippen molar-refractivity contribution in [2.75, 3.05) is 0 Å². The third-order valence-electron chi connectivity index (χ3n) is 3.02. The van der Waals surface area contributed by atoms with E-state index in [2.05, 4.69) is 33.2 Å². The maximum atomic E-state index is 12.9. The Bertz CT molecular complexity index is 732. The molecule has 0 saturated heterocycles. The maximum absolute atomic E-state index is 12.9. The monoisotopic (exact) mass is 318 g/mol. The molecule has 0 unspecified atom stereocenters. The summed E-state index contributed by atoms with van der Waals surface area (Å²) in [7, 11) is 0. The van der Waals surface area contributed by atoms with Crippen molar-refractivity contribution in [3.8, 4) is 0 Å². The second-order valence-corrected chi connectivity index (χ2v) is 5.49. The van der Waals surface area contributed by atoms with Crippen LogP contribution in [0.15, 0.2) is 47.1 Å². The molecule has 1 heterocycles. The molecule has 0 bridgehead atoms. The van der Waals surface area contributed by atoms with Crippen LogP contribution in [0.25, 0.3) is 10.9 Å². The molecule has 0 spiro atoms.